The lowest BCUT2D eigenvalue weighted by Gasteiger charge is -2.22. The predicted octanol–water partition coefficient (Wildman–Crippen LogP) is 6.11. The Balaban J connectivity index is 2.80. The topological polar surface area (TPSA) is 80.5 Å². The summed E-state index contributed by atoms with van der Waals surface area (Å²) < 4.78 is 27.8. The normalized spacial score (nSPS) is 11.8. The van der Waals surface area contributed by atoms with E-state index in [1.807, 2.05) is 0 Å². The van der Waals surface area contributed by atoms with E-state index in [4.69, 9.17) is 0 Å². The van der Waals surface area contributed by atoms with Gasteiger partial charge in [-0.1, -0.05) is 90.2 Å². The largest absolute Gasteiger partial charge is 0.290 e. The molecule has 0 saturated heterocycles. The summed E-state index contributed by atoms with van der Waals surface area (Å²) in [6, 6.07) is 6.71. The van der Waals surface area contributed by atoms with E-state index in [2.05, 4.69) is 19.9 Å². The maximum atomic E-state index is 13.2. The summed E-state index contributed by atoms with van der Waals surface area (Å²) in [4.78, 5) is 10.4. The molecule has 1 rings (SSSR count). The van der Waals surface area contributed by atoms with Gasteiger partial charge in [0.1, 0.15) is 0 Å². The van der Waals surface area contributed by atoms with Crippen LogP contribution in [0.5, 0.6) is 0 Å². The van der Waals surface area contributed by atoms with Gasteiger partial charge in [-0.2, -0.15) is 4.31 Å². The Bertz CT molecular complexity index is 676. The van der Waals surface area contributed by atoms with Crippen LogP contribution in [0.15, 0.2) is 23.1 Å². The highest BCUT2D eigenvalue weighted by atomic mass is 32.2. The molecule has 0 heterocycles. The van der Waals surface area contributed by atoms with Crippen molar-refractivity contribution in [2.45, 2.75) is 95.8 Å². The Labute approximate surface area is 176 Å². The van der Waals surface area contributed by atoms with Gasteiger partial charge in [0.25, 0.3) is 15.7 Å². The second-order valence-electron chi connectivity index (χ2n) is 7.58. The lowest BCUT2D eigenvalue weighted by atomic mass is 10.1. The van der Waals surface area contributed by atoms with Crippen LogP contribution in [0.25, 0.3) is 0 Å². The highest BCUT2D eigenvalue weighted by Crippen LogP contribution is 2.26. The van der Waals surface area contributed by atoms with E-state index < -0.39 is 20.6 Å². The van der Waals surface area contributed by atoms with E-state index in [1.54, 1.807) is 0 Å². The van der Waals surface area contributed by atoms with Crippen molar-refractivity contribution in [1.29, 1.82) is 0 Å². The fourth-order valence-corrected chi connectivity index (χ4v) is 5.00. The quantitative estimate of drug-likeness (QED) is 0.171. The molecule has 1 aromatic carbocycles. The third-order valence-electron chi connectivity index (χ3n) is 5.11. The molecule has 29 heavy (non-hydrogen) atoms. The third kappa shape index (κ3) is 9.26. The molecule has 0 fully saturated rings. The molecular weight excluding hydrogens is 388 g/mol. The molecule has 0 amide bonds. The number of nitrogens with zero attached hydrogens (tertiary/aromatic N) is 2. The molecule has 0 unspecified atom stereocenters. The number of unbranched alkanes of at least 4 members (excludes halogenated alkanes) is 10. The molecule has 0 atom stereocenters. The SMILES string of the molecule is CCCCCCCCN(CCCCCCCC)S(=O)(=O)c1[c]cccc1[N+](=O)[O-]. The minimum atomic E-state index is -3.94. The van der Waals surface area contributed by atoms with E-state index in [1.165, 1.54) is 61.0 Å². The standard InChI is InChI=1S/C22H37N2O4S/c1-3-5-7-9-11-15-19-23(20-16-12-10-8-6-4-2)29(27,28)22-18-14-13-17-21(22)24(25)26/h13-14,17H,3-12,15-16,19-20H2,1-2H3. The molecule has 1 radical (unpaired) electrons. The van der Waals surface area contributed by atoms with Crippen LogP contribution < -0.4 is 0 Å². The molecule has 6 nitrogen and oxygen atoms in total. The summed E-state index contributed by atoms with van der Waals surface area (Å²) in [6.07, 6.45) is 12.8. The van der Waals surface area contributed by atoms with Gasteiger partial charge in [-0.25, -0.2) is 8.42 Å². The van der Waals surface area contributed by atoms with Crippen LogP contribution in [-0.2, 0) is 10.0 Å². The summed E-state index contributed by atoms with van der Waals surface area (Å²) in [5, 5.41) is 11.3. The number of hydrogen-bond acceptors (Lipinski definition) is 4. The van der Waals surface area contributed by atoms with Gasteiger partial charge in [-0.3, -0.25) is 10.1 Å². The minimum absolute atomic E-state index is 0.318. The van der Waals surface area contributed by atoms with E-state index in [0.717, 1.165) is 38.5 Å². The van der Waals surface area contributed by atoms with Crippen LogP contribution in [-0.4, -0.2) is 30.7 Å². The number of hydrogen-bond donors (Lipinski definition) is 0. The van der Waals surface area contributed by atoms with Gasteiger partial charge in [0.2, 0.25) is 0 Å². The third-order valence-corrected chi connectivity index (χ3v) is 7.00. The minimum Gasteiger partial charge on any atom is -0.258 e. The lowest BCUT2D eigenvalue weighted by Crippen LogP contribution is -2.33. The number of nitro groups is 1. The summed E-state index contributed by atoms with van der Waals surface area (Å²) >= 11 is 0. The van der Waals surface area contributed by atoms with Gasteiger partial charge in [-0.15, -0.1) is 0 Å². The molecule has 0 bridgehead atoms. The Hall–Kier alpha value is -1.47. The molecule has 1 aromatic rings. The van der Waals surface area contributed by atoms with Gasteiger partial charge < -0.3 is 0 Å². The van der Waals surface area contributed by atoms with E-state index in [9.17, 15) is 18.5 Å². The van der Waals surface area contributed by atoms with Crippen molar-refractivity contribution in [3.63, 3.8) is 0 Å². The van der Waals surface area contributed by atoms with Crippen LogP contribution in [0.4, 0.5) is 5.69 Å². The van der Waals surface area contributed by atoms with Crippen molar-refractivity contribution in [2.24, 2.45) is 0 Å². The van der Waals surface area contributed by atoms with E-state index in [0.29, 0.717) is 13.1 Å². The van der Waals surface area contributed by atoms with E-state index >= 15 is 0 Å². The fourth-order valence-electron chi connectivity index (χ4n) is 3.38. The Morgan fingerprint density at radius 3 is 1.86 bits per heavy atom. The van der Waals surface area contributed by atoms with Crippen molar-refractivity contribution in [1.82, 2.24) is 4.31 Å². The van der Waals surface area contributed by atoms with Crippen molar-refractivity contribution in [2.75, 3.05) is 13.1 Å². The van der Waals surface area contributed by atoms with Crippen LogP contribution in [0.2, 0.25) is 0 Å². The number of rotatable bonds is 17. The maximum Gasteiger partial charge on any atom is 0.290 e. The second-order valence-corrected chi connectivity index (χ2v) is 9.46. The Kier molecular flexibility index (Phi) is 12.8. The molecule has 0 spiro atoms. The van der Waals surface area contributed by atoms with Crippen LogP contribution in [0.1, 0.15) is 90.9 Å². The van der Waals surface area contributed by atoms with Crippen LogP contribution >= 0.6 is 0 Å². The molecule has 0 saturated carbocycles. The highest BCUT2D eigenvalue weighted by Gasteiger charge is 2.31. The molecule has 7 heteroatoms. The summed E-state index contributed by atoms with van der Waals surface area (Å²) in [7, 11) is -3.94. The zero-order chi connectivity index (χ0) is 21.5. The number of benzene rings is 1. The first-order chi connectivity index (χ1) is 13.9. The van der Waals surface area contributed by atoms with Crippen molar-refractivity contribution < 1.29 is 13.3 Å². The molecule has 0 N–H and O–H groups in total. The maximum absolute atomic E-state index is 13.2. The summed E-state index contributed by atoms with van der Waals surface area (Å²) in [5.74, 6) is 0. The summed E-state index contributed by atoms with van der Waals surface area (Å²) in [5.41, 5.74) is -0.400. The van der Waals surface area contributed by atoms with Gasteiger partial charge >= 0.3 is 0 Å². The number of nitro benzene ring substituents is 1. The van der Waals surface area contributed by atoms with Crippen molar-refractivity contribution in [3.05, 3.63) is 34.4 Å². The smallest absolute Gasteiger partial charge is 0.258 e. The van der Waals surface area contributed by atoms with Gasteiger partial charge in [0, 0.05) is 25.2 Å². The Morgan fingerprint density at radius 1 is 0.897 bits per heavy atom. The molecule has 0 aromatic heterocycles. The van der Waals surface area contributed by atoms with Crippen LogP contribution in [0, 0.1) is 16.2 Å². The van der Waals surface area contributed by atoms with Crippen molar-refractivity contribution >= 4 is 15.7 Å². The van der Waals surface area contributed by atoms with Gasteiger partial charge in [-0.05, 0) is 12.8 Å². The van der Waals surface area contributed by atoms with Gasteiger partial charge in [0.15, 0.2) is 4.90 Å². The Morgan fingerprint density at radius 2 is 1.38 bits per heavy atom. The van der Waals surface area contributed by atoms with Crippen LogP contribution in [0.3, 0.4) is 0 Å². The molecule has 165 valence electrons. The van der Waals surface area contributed by atoms with E-state index in [-0.39, 0.29) is 4.90 Å². The predicted molar refractivity (Wildman–Crippen MR) is 117 cm³/mol. The fraction of sp³-hybridized carbons (Fsp3) is 0.727. The zero-order valence-electron chi connectivity index (χ0n) is 18.1. The zero-order valence-corrected chi connectivity index (χ0v) is 18.9. The van der Waals surface area contributed by atoms with Gasteiger partial charge in [0.05, 0.1) is 4.92 Å². The first-order valence-corrected chi connectivity index (χ1v) is 12.5. The average molecular weight is 426 g/mol. The average Bonchev–Trinajstić information content (AvgIpc) is 2.71. The summed E-state index contributed by atoms with van der Waals surface area (Å²) in [6.45, 7) is 5.14. The molecule has 0 aliphatic carbocycles. The lowest BCUT2D eigenvalue weighted by molar-refractivity contribution is -0.387. The monoisotopic (exact) mass is 425 g/mol. The first-order valence-electron chi connectivity index (χ1n) is 11.1. The first kappa shape index (κ1) is 25.6. The number of sulfonamides is 1. The van der Waals surface area contributed by atoms with Crippen molar-refractivity contribution in [3.8, 4) is 0 Å². The highest BCUT2D eigenvalue weighted by molar-refractivity contribution is 7.89. The molecule has 0 aliphatic rings. The molecule has 0 aliphatic heterocycles. The second kappa shape index (κ2) is 14.5. The molecular formula is C22H37N2O4S.